The van der Waals surface area contributed by atoms with Crippen LogP contribution in [0, 0.1) is 5.92 Å². The van der Waals surface area contributed by atoms with E-state index in [1.807, 2.05) is 6.92 Å². The van der Waals surface area contributed by atoms with Crippen molar-refractivity contribution in [1.29, 1.82) is 0 Å². The van der Waals surface area contributed by atoms with E-state index in [0.29, 0.717) is 24.6 Å². The monoisotopic (exact) mass is 356 g/mol. The van der Waals surface area contributed by atoms with Crippen LogP contribution in [-0.2, 0) is 10.0 Å². The van der Waals surface area contributed by atoms with Crippen LogP contribution in [0.3, 0.4) is 0 Å². The van der Waals surface area contributed by atoms with E-state index < -0.39 is 16.0 Å². The van der Waals surface area contributed by atoms with Gasteiger partial charge in [0.1, 0.15) is 4.90 Å². The molecule has 0 saturated heterocycles. The van der Waals surface area contributed by atoms with E-state index in [-0.39, 0.29) is 16.5 Å². The molecule has 1 atom stereocenters. The number of carbonyl (C=O) groups is 1. The van der Waals surface area contributed by atoms with Gasteiger partial charge in [-0.25, -0.2) is 17.9 Å². The first-order chi connectivity index (χ1) is 11.2. The van der Waals surface area contributed by atoms with Gasteiger partial charge < -0.3 is 10.4 Å². The smallest absolute Gasteiger partial charge is 0.335 e. The second kappa shape index (κ2) is 9.03. The lowest BCUT2D eigenvalue weighted by Gasteiger charge is -2.17. The molecule has 0 amide bonds. The van der Waals surface area contributed by atoms with Gasteiger partial charge in [0, 0.05) is 12.6 Å². The molecule has 0 spiro atoms. The molecular weight excluding hydrogens is 328 g/mol. The molecule has 0 radical (unpaired) electrons. The average Bonchev–Trinajstić information content (AvgIpc) is 2.46. The molecule has 6 nitrogen and oxygen atoms in total. The van der Waals surface area contributed by atoms with Gasteiger partial charge in [-0.2, -0.15) is 0 Å². The van der Waals surface area contributed by atoms with Crippen LogP contribution < -0.4 is 10.0 Å². The van der Waals surface area contributed by atoms with E-state index in [2.05, 4.69) is 23.9 Å². The predicted octanol–water partition coefficient (Wildman–Crippen LogP) is 3.31. The Balaban J connectivity index is 3.14. The number of rotatable bonds is 10. The number of carboxylic acid groups (broad SMARTS) is 1. The highest BCUT2D eigenvalue weighted by atomic mass is 32.2. The molecule has 0 bridgehead atoms. The van der Waals surface area contributed by atoms with Crippen LogP contribution in [0.1, 0.15) is 57.3 Å². The van der Waals surface area contributed by atoms with Crippen molar-refractivity contribution >= 4 is 21.7 Å². The SMILES string of the molecule is CCC[C@H](C)NS(=O)(=O)c1cc(C(=O)O)ccc1NCCC(C)C. The number of aromatic carboxylic acids is 1. The fourth-order valence-corrected chi connectivity index (χ4v) is 3.83. The lowest BCUT2D eigenvalue weighted by molar-refractivity contribution is 0.0696. The highest BCUT2D eigenvalue weighted by Crippen LogP contribution is 2.24. The van der Waals surface area contributed by atoms with Crippen LogP contribution in [0.4, 0.5) is 5.69 Å². The summed E-state index contributed by atoms with van der Waals surface area (Å²) >= 11 is 0. The van der Waals surface area contributed by atoms with E-state index in [1.54, 1.807) is 6.92 Å². The van der Waals surface area contributed by atoms with Gasteiger partial charge >= 0.3 is 5.97 Å². The molecule has 24 heavy (non-hydrogen) atoms. The summed E-state index contributed by atoms with van der Waals surface area (Å²) in [5.74, 6) is -0.666. The van der Waals surface area contributed by atoms with Crippen LogP contribution >= 0.6 is 0 Å². The molecule has 0 unspecified atom stereocenters. The molecule has 1 rings (SSSR count). The molecule has 3 N–H and O–H groups in total. The van der Waals surface area contributed by atoms with Crippen molar-refractivity contribution < 1.29 is 18.3 Å². The fourth-order valence-electron chi connectivity index (χ4n) is 2.34. The Morgan fingerprint density at radius 2 is 1.88 bits per heavy atom. The summed E-state index contributed by atoms with van der Waals surface area (Å²) < 4.78 is 28.0. The van der Waals surface area contributed by atoms with Gasteiger partial charge in [-0.1, -0.05) is 27.2 Å². The van der Waals surface area contributed by atoms with Gasteiger partial charge in [0.25, 0.3) is 0 Å². The molecule has 0 aromatic heterocycles. The Morgan fingerprint density at radius 1 is 1.21 bits per heavy atom. The predicted molar refractivity (Wildman–Crippen MR) is 96.0 cm³/mol. The Labute approximate surface area is 144 Å². The van der Waals surface area contributed by atoms with Gasteiger partial charge in [0.2, 0.25) is 10.0 Å². The average molecular weight is 356 g/mol. The third-order valence-electron chi connectivity index (χ3n) is 3.63. The van der Waals surface area contributed by atoms with Crippen molar-refractivity contribution in [2.24, 2.45) is 5.92 Å². The topological polar surface area (TPSA) is 95.5 Å². The van der Waals surface area contributed by atoms with Crippen molar-refractivity contribution in [2.75, 3.05) is 11.9 Å². The Bertz CT molecular complexity index is 657. The summed E-state index contributed by atoms with van der Waals surface area (Å²) in [6.07, 6.45) is 2.46. The second-order valence-electron chi connectivity index (χ2n) is 6.44. The second-order valence-corrected chi connectivity index (χ2v) is 8.12. The van der Waals surface area contributed by atoms with E-state index in [4.69, 9.17) is 5.11 Å². The molecule has 136 valence electrons. The van der Waals surface area contributed by atoms with Gasteiger partial charge in [0.05, 0.1) is 11.3 Å². The van der Waals surface area contributed by atoms with Crippen LogP contribution in [0.25, 0.3) is 0 Å². The van der Waals surface area contributed by atoms with Crippen molar-refractivity contribution in [1.82, 2.24) is 4.72 Å². The number of hydrogen-bond acceptors (Lipinski definition) is 4. The van der Waals surface area contributed by atoms with Crippen molar-refractivity contribution in [2.45, 2.75) is 57.9 Å². The van der Waals surface area contributed by atoms with Crippen LogP contribution in [0.15, 0.2) is 23.1 Å². The Morgan fingerprint density at radius 3 is 2.42 bits per heavy atom. The number of benzene rings is 1. The molecule has 1 aromatic rings. The third kappa shape index (κ3) is 6.13. The Kier molecular flexibility index (Phi) is 7.69. The zero-order chi connectivity index (χ0) is 18.3. The molecule has 0 aliphatic heterocycles. The number of carboxylic acids is 1. The molecule has 1 aromatic carbocycles. The highest BCUT2D eigenvalue weighted by molar-refractivity contribution is 7.89. The quantitative estimate of drug-likeness (QED) is 0.598. The molecule has 0 heterocycles. The number of sulfonamides is 1. The molecule has 7 heteroatoms. The lowest BCUT2D eigenvalue weighted by Crippen LogP contribution is -2.33. The lowest BCUT2D eigenvalue weighted by atomic mass is 10.1. The normalized spacial score (nSPS) is 13.0. The van der Waals surface area contributed by atoms with Gasteiger partial charge in [-0.15, -0.1) is 0 Å². The zero-order valence-electron chi connectivity index (χ0n) is 14.8. The molecule has 0 aliphatic carbocycles. The summed E-state index contributed by atoms with van der Waals surface area (Å²) in [5.41, 5.74) is 0.379. The van der Waals surface area contributed by atoms with Crippen LogP contribution in [0.5, 0.6) is 0 Å². The van der Waals surface area contributed by atoms with Crippen molar-refractivity contribution in [3.63, 3.8) is 0 Å². The summed E-state index contributed by atoms with van der Waals surface area (Å²) in [6, 6.07) is 3.93. The zero-order valence-corrected chi connectivity index (χ0v) is 15.6. The van der Waals surface area contributed by atoms with Crippen molar-refractivity contribution in [3.05, 3.63) is 23.8 Å². The minimum atomic E-state index is -3.79. The first kappa shape index (κ1) is 20.4. The first-order valence-corrected chi connectivity index (χ1v) is 9.79. The summed E-state index contributed by atoms with van der Waals surface area (Å²) in [5, 5.41) is 12.3. The maximum absolute atomic E-state index is 12.7. The number of hydrogen-bond donors (Lipinski definition) is 3. The van der Waals surface area contributed by atoms with Crippen LogP contribution in [0.2, 0.25) is 0 Å². The third-order valence-corrected chi connectivity index (χ3v) is 5.26. The molecular formula is C17H28N2O4S. The summed E-state index contributed by atoms with van der Waals surface area (Å²) in [6.45, 7) is 8.57. The molecule has 0 aliphatic rings. The van der Waals surface area contributed by atoms with Gasteiger partial charge in [-0.05, 0) is 43.9 Å². The summed E-state index contributed by atoms with van der Waals surface area (Å²) in [4.78, 5) is 11.2. The minimum Gasteiger partial charge on any atom is -0.478 e. The van der Waals surface area contributed by atoms with E-state index in [9.17, 15) is 13.2 Å². The molecule has 0 saturated carbocycles. The summed E-state index contributed by atoms with van der Waals surface area (Å²) in [7, 11) is -3.79. The molecule has 0 fully saturated rings. The van der Waals surface area contributed by atoms with E-state index in [1.165, 1.54) is 18.2 Å². The first-order valence-electron chi connectivity index (χ1n) is 8.31. The maximum atomic E-state index is 12.7. The Hall–Kier alpha value is -1.60. The van der Waals surface area contributed by atoms with Crippen molar-refractivity contribution in [3.8, 4) is 0 Å². The van der Waals surface area contributed by atoms with E-state index in [0.717, 1.165) is 12.8 Å². The maximum Gasteiger partial charge on any atom is 0.335 e. The largest absolute Gasteiger partial charge is 0.478 e. The highest BCUT2D eigenvalue weighted by Gasteiger charge is 2.22. The van der Waals surface area contributed by atoms with Crippen LogP contribution in [-0.4, -0.2) is 32.1 Å². The van der Waals surface area contributed by atoms with Gasteiger partial charge in [0.15, 0.2) is 0 Å². The van der Waals surface area contributed by atoms with E-state index >= 15 is 0 Å². The number of nitrogens with one attached hydrogen (secondary N) is 2. The van der Waals surface area contributed by atoms with Gasteiger partial charge in [-0.3, -0.25) is 0 Å². The number of anilines is 1. The standard InChI is InChI=1S/C17H28N2O4S/c1-5-6-13(4)19-24(22,23)16-11-14(17(20)21)7-8-15(16)18-10-9-12(2)3/h7-8,11-13,18-19H,5-6,9-10H2,1-4H3,(H,20,21)/t13-/m0/s1. The fraction of sp³-hybridized carbons (Fsp3) is 0.588. The minimum absolute atomic E-state index is 0.0193.